The second-order valence-electron chi connectivity index (χ2n) is 6.22. The third-order valence-electron chi connectivity index (χ3n) is 4.64. The Labute approximate surface area is 130 Å². The first-order valence-electron chi connectivity index (χ1n) is 7.97. The summed E-state index contributed by atoms with van der Waals surface area (Å²) in [7, 11) is 0. The smallest absolute Gasteiger partial charge is 0.224 e. The molecule has 4 rings (SSSR count). The maximum atomic E-state index is 12.2. The molecule has 0 bridgehead atoms. The summed E-state index contributed by atoms with van der Waals surface area (Å²) in [5.74, 6) is 0.526. The van der Waals surface area contributed by atoms with E-state index in [0.29, 0.717) is 12.3 Å². The van der Waals surface area contributed by atoms with Gasteiger partial charge in [-0.2, -0.15) is 0 Å². The number of carbonyl (C=O) groups excluding carboxylic acids is 1. The minimum absolute atomic E-state index is 0.114. The molecule has 0 heterocycles. The van der Waals surface area contributed by atoms with Crippen molar-refractivity contribution in [3.8, 4) is 11.1 Å². The molecular formula is C20H19NO. The van der Waals surface area contributed by atoms with Crippen LogP contribution in [-0.2, 0) is 11.2 Å². The van der Waals surface area contributed by atoms with Gasteiger partial charge in [0.25, 0.3) is 0 Å². The third kappa shape index (κ3) is 2.45. The van der Waals surface area contributed by atoms with E-state index in [1.54, 1.807) is 0 Å². The van der Waals surface area contributed by atoms with Gasteiger partial charge in [0.05, 0.1) is 0 Å². The average Bonchev–Trinajstić information content (AvgIpc) is 3.14. The van der Waals surface area contributed by atoms with Crippen LogP contribution >= 0.6 is 0 Å². The van der Waals surface area contributed by atoms with Crippen molar-refractivity contribution in [2.45, 2.75) is 25.7 Å². The maximum absolute atomic E-state index is 12.2. The first-order valence-corrected chi connectivity index (χ1v) is 7.97. The van der Waals surface area contributed by atoms with E-state index >= 15 is 0 Å². The van der Waals surface area contributed by atoms with Crippen LogP contribution in [0.3, 0.4) is 0 Å². The van der Waals surface area contributed by atoms with Gasteiger partial charge in [-0.15, -0.1) is 0 Å². The highest BCUT2D eigenvalue weighted by atomic mass is 16.1. The van der Waals surface area contributed by atoms with Crippen LogP contribution in [0.25, 0.3) is 11.1 Å². The van der Waals surface area contributed by atoms with Gasteiger partial charge in [-0.1, -0.05) is 42.5 Å². The zero-order chi connectivity index (χ0) is 14.9. The number of allylic oxidation sites excluding steroid dienone is 2. The molecule has 0 aliphatic heterocycles. The molecule has 22 heavy (non-hydrogen) atoms. The molecule has 0 radical (unpaired) electrons. The Hall–Kier alpha value is -2.35. The fourth-order valence-electron chi connectivity index (χ4n) is 3.52. The normalized spacial score (nSPS) is 18.1. The van der Waals surface area contributed by atoms with E-state index in [4.69, 9.17) is 0 Å². The summed E-state index contributed by atoms with van der Waals surface area (Å²) in [6, 6.07) is 14.8. The quantitative estimate of drug-likeness (QED) is 0.704. The lowest BCUT2D eigenvalue weighted by Crippen LogP contribution is -2.14. The van der Waals surface area contributed by atoms with Crippen molar-refractivity contribution in [1.82, 2.24) is 0 Å². The summed E-state index contributed by atoms with van der Waals surface area (Å²) in [4.78, 5) is 12.2. The number of hydrogen-bond donors (Lipinski definition) is 1. The molecule has 0 unspecified atom stereocenters. The van der Waals surface area contributed by atoms with E-state index in [-0.39, 0.29) is 5.91 Å². The topological polar surface area (TPSA) is 29.1 Å². The molecule has 1 atom stereocenters. The van der Waals surface area contributed by atoms with Crippen molar-refractivity contribution >= 4 is 11.6 Å². The summed E-state index contributed by atoms with van der Waals surface area (Å²) in [5.41, 5.74) is 6.18. The van der Waals surface area contributed by atoms with Gasteiger partial charge in [0.1, 0.15) is 0 Å². The minimum Gasteiger partial charge on any atom is -0.326 e. The molecule has 1 amide bonds. The van der Waals surface area contributed by atoms with Crippen LogP contribution < -0.4 is 5.32 Å². The van der Waals surface area contributed by atoms with Crippen LogP contribution in [0.15, 0.2) is 54.6 Å². The summed E-state index contributed by atoms with van der Waals surface area (Å²) < 4.78 is 0. The first-order chi connectivity index (χ1) is 10.8. The van der Waals surface area contributed by atoms with Crippen molar-refractivity contribution in [2.75, 3.05) is 5.32 Å². The van der Waals surface area contributed by atoms with Gasteiger partial charge in [0.15, 0.2) is 0 Å². The van der Waals surface area contributed by atoms with Crippen LogP contribution in [0.4, 0.5) is 5.69 Å². The molecule has 0 saturated carbocycles. The molecule has 2 aliphatic carbocycles. The van der Waals surface area contributed by atoms with Crippen molar-refractivity contribution in [3.05, 3.63) is 65.7 Å². The number of amides is 1. The lowest BCUT2D eigenvalue weighted by atomic mass is 10.0. The number of fused-ring (bicyclic) bond motifs is 3. The van der Waals surface area contributed by atoms with Crippen LogP contribution in [0.1, 0.15) is 30.4 Å². The molecule has 2 heteroatoms. The number of rotatable bonds is 3. The molecule has 0 fully saturated rings. The molecule has 2 nitrogen and oxygen atoms in total. The lowest BCUT2D eigenvalue weighted by molar-refractivity contribution is -0.116. The Kier molecular flexibility index (Phi) is 3.30. The summed E-state index contributed by atoms with van der Waals surface area (Å²) in [5, 5.41) is 3.06. The Morgan fingerprint density at radius 1 is 1.09 bits per heavy atom. The molecule has 0 aromatic heterocycles. The van der Waals surface area contributed by atoms with Gasteiger partial charge in [-0.25, -0.2) is 0 Å². The number of anilines is 1. The highest BCUT2D eigenvalue weighted by Crippen LogP contribution is 2.37. The molecule has 2 aliphatic rings. The fraction of sp³-hybridized carbons (Fsp3) is 0.250. The molecule has 0 saturated heterocycles. The predicted molar refractivity (Wildman–Crippen MR) is 89.8 cm³/mol. The van der Waals surface area contributed by atoms with E-state index < -0.39 is 0 Å². The first kappa shape index (κ1) is 13.3. The second-order valence-corrected chi connectivity index (χ2v) is 6.22. The Morgan fingerprint density at radius 3 is 2.82 bits per heavy atom. The number of benzene rings is 2. The number of hydrogen-bond acceptors (Lipinski definition) is 1. The highest BCUT2D eigenvalue weighted by molar-refractivity contribution is 5.92. The van der Waals surface area contributed by atoms with Gasteiger partial charge in [-0.05, 0) is 59.6 Å². The van der Waals surface area contributed by atoms with Gasteiger partial charge < -0.3 is 5.32 Å². The number of carbonyl (C=O) groups is 1. The van der Waals surface area contributed by atoms with E-state index in [1.165, 1.54) is 22.3 Å². The lowest BCUT2D eigenvalue weighted by Gasteiger charge is -2.10. The van der Waals surface area contributed by atoms with Crippen LogP contribution in [0.2, 0.25) is 0 Å². The zero-order valence-corrected chi connectivity index (χ0v) is 12.5. The predicted octanol–water partition coefficient (Wildman–Crippen LogP) is 4.55. The van der Waals surface area contributed by atoms with E-state index in [9.17, 15) is 4.79 Å². The summed E-state index contributed by atoms with van der Waals surface area (Å²) in [6.45, 7) is 0. The minimum atomic E-state index is 0.114. The second kappa shape index (κ2) is 5.45. The monoisotopic (exact) mass is 289 g/mol. The molecule has 2 aromatic carbocycles. The van der Waals surface area contributed by atoms with Crippen LogP contribution in [-0.4, -0.2) is 5.91 Å². The number of nitrogens with one attached hydrogen (secondary N) is 1. The molecule has 2 aromatic rings. The van der Waals surface area contributed by atoms with E-state index in [1.807, 2.05) is 6.07 Å². The summed E-state index contributed by atoms with van der Waals surface area (Å²) in [6.07, 6.45) is 8.12. The maximum Gasteiger partial charge on any atom is 0.224 e. The van der Waals surface area contributed by atoms with Gasteiger partial charge >= 0.3 is 0 Å². The standard InChI is InChI=1S/C20H19NO/c22-20(11-14-5-1-2-6-14)21-17-10-9-16-12-15-7-3-4-8-18(15)19(16)13-17/h1,3-5,7-10,13-14H,2,6,11-12H2,(H,21,22)/t14-/m0/s1. The molecule has 110 valence electrons. The van der Waals surface area contributed by atoms with Gasteiger partial charge in [0, 0.05) is 12.1 Å². The molecule has 1 N–H and O–H groups in total. The van der Waals surface area contributed by atoms with Crippen molar-refractivity contribution in [3.63, 3.8) is 0 Å². The fourth-order valence-corrected chi connectivity index (χ4v) is 3.52. The van der Waals surface area contributed by atoms with Crippen LogP contribution in [0.5, 0.6) is 0 Å². The molecule has 0 spiro atoms. The Bertz CT molecular complexity index is 760. The summed E-state index contributed by atoms with van der Waals surface area (Å²) >= 11 is 0. The molecular weight excluding hydrogens is 270 g/mol. The highest BCUT2D eigenvalue weighted by Gasteiger charge is 2.19. The SMILES string of the molecule is O=C(C[C@H]1C=CCC1)Nc1ccc2c(c1)-c1ccccc1C2. The van der Waals surface area contributed by atoms with Crippen molar-refractivity contribution < 1.29 is 4.79 Å². The van der Waals surface area contributed by atoms with Crippen LogP contribution in [0, 0.1) is 5.92 Å². The largest absolute Gasteiger partial charge is 0.326 e. The average molecular weight is 289 g/mol. The third-order valence-corrected chi connectivity index (χ3v) is 4.64. The van der Waals surface area contributed by atoms with Crippen molar-refractivity contribution in [1.29, 1.82) is 0 Å². The van der Waals surface area contributed by atoms with Gasteiger partial charge in [0.2, 0.25) is 5.91 Å². The Balaban J connectivity index is 1.53. The van der Waals surface area contributed by atoms with E-state index in [0.717, 1.165) is 24.9 Å². The van der Waals surface area contributed by atoms with Crippen molar-refractivity contribution in [2.24, 2.45) is 5.92 Å². The van der Waals surface area contributed by atoms with E-state index in [2.05, 4.69) is 53.9 Å². The Morgan fingerprint density at radius 2 is 1.95 bits per heavy atom. The van der Waals surface area contributed by atoms with Gasteiger partial charge in [-0.3, -0.25) is 4.79 Å². The zero-order valence-electron chi connectivity index (χ0n) is 12.5.